The molecule has 0 spiro atoms. The highest BCUT2D eigenvalue weighted by Gasteiger charge is 2.16. The number of hydrogen-bond acceptors (Lipinski definition) is 6. The van der Waals surface area contributed by atoms with Crippen LogP contribution >= 0.6 is 0 Å². The van der Waals surface area contributed by atoms with E-state index in [1.165, 1.54) is 31.4 Å². The van der Waals surface area contributed by atoms with Crippen molar-refractivity contribution in [2.75, 3.05) is 19.0 Å². The van der Waals surface area contributed by atoms with Crippen molar-refractivity contribution in [2.45, 2.75) is 25.2 Å². The van der Waals surface area contributed by atoms with Gasteiger partial charge >= 0.3 is 0 Å². The first-order chi connectivity index (χ1) is 13.3. The highest BCUT2D eigenvalue weighted by molar-refractivity contribution is 7.90. The number of carbonyl (C=O) groups is 2. The molecule has 0 aliphatic heterocycles. The number of methoxy groups -OCH3 is 1. The highest BCUT2D eigenvalue weighted by Crippen LogP contribution is 2.28. The quantitative estimate of drug-likeness (QED) is 0.697. The summed E-state index contributed by atoms with van der Waals surface area (Å²) in [4.78, 5) is 23.3. The van der Waals surface area contributed by atoms with Crippen LogP contribution in [0.1, 0.15) is 30.6 Å². The van der Waals surface area contributed by atoms with E-state index in [1.54, 1.807) is 18.2 Å². The Morgan fingerprint density at radius 2 is 1.71 bits per heavy atom. The van der Waals surface area contributed by atoms with Crippen LogP contribution in [0, 0.1) is 0 Å². The fourth-order valence-electron chi connectivity index (χ4n) is 2.31. The molecular weight excluding hydrogens is 384 g/mol. The predicted molar refractivity (Wildman–Crippen MR) is 104 cm³/mol. The van der Waals surface area contributed by atoms with Crippen molar-refractivity contribution in [1.82, 2.24) is 4.72 Å². The molecule has 2 rings (SSSR count). The number of hydrogen-bond donors (Lipinski definition) is 2. The summed E-state index contributed by atoms with van der Waals surface area (Å²) in [6.07, 6.45) is 0.846. The molecule has 0 saturated carbocycles. The molecule has 0 atom stereocenters. The molecule has 2 N–H and O–H groups in total. The standard InChI is InChI=1S/C19H22N2O6S/c1-4-11-27-17-10-5-14(12-18(17)26-3)19(23)20-15-6-8-16(9-7-15)28(24,25)21-13(2)22/h5-10,12H,4,11H2,1-3H3,(H,20,23)(H,21,22). The van der Waals surface area contributed by atoms with Gasteiger partial charge in [-0.25, -0.2) is 13.1 Å². The molecule has 150 valence electrons. The summed E-state index contributed by atoms with van der Waals surface area (Å²) in [6.45, 7) is 3.63. The number of anilines is 1. The van der Waals surface area contributed by atoms with Crippen LogP contribution in [-0.2, 0) is 14.8 Å². The molecule has 0 bridgehead atoms. The molecule has 0 unspecified atom stereocenters. The molecule has 28 heavy (non-hydrogen) atoms. The molecule has 0 fully saturated rings. The van der Waals surface area contributed by atoms with Crippen molar-refractivity contribution in [3.63, 3.8) is 0 Å². The topological polar surface area (TPSA) is 111 Å². The predicted octanol–water partition coefficient (Wildman–Crippen LogP) is 2.56. The zero-order valence-electron chi connectivity index (χ0n) is 15.8. The van der Waals surface area contributed by atoms with E-state index >= 15 is 0 Å². The maximum absolute atomic E-state index is 12.5. The minimum absolute atomic E-state index is 0.0835. The molecule has 2 aromatic carbocycles. The lowest BCUT2D eigenvalue weighted by Crippen LogP contribution is -2.28. The lowest BCUT2D eigenvalue weighted by Gasteiger charge is -2.12. The van der Waals surface area contributed by atoms with Gasteiger partial charge in [0.2, 0.25) is 5.91 Å². The monoisotopic (exact) mass is 406 g/mol. The van der Waals surface area contributed by atoms with Gasteiger partial charge in [0.1, 0.15) is 0 Å². The van der Waals surface area contributed by atoms with Gasteiger partial charge in [0, 0.05) is 18.2 Å². The van der Waals surface area contributed by atoms with E-state index in [4.69, 9.17) is 9.47 Å². The number of rotatable bonds is 8. The summed E-state index contributed by atoms with van der Waals surface area (Å²) in [6, 6.07) is 10.3. The highest BCUT2D eigenvalue weighted by atomic mass is 32.2. The molecule has 8 nitrogen and oxygen atoms in total. The van der Waals surface area contributed by atoms with Crippen LogP contribution in [0.5, 0.6) is 11.5 Å². The maximum Gasteiger partial charge on any atom is 0.264 e. The number of benzene rings is 2. The first-order valence-corrected chi connectivity index (χ1v) is 10.0. The van der Waals surface area contributed by atoms with Crippen molar-refractivity contribution in [3.05, 3.63) is 48.0 Å². The molecule has 0 aliphatic rings. The van der Waals surface area contributed by atoms with Crippen molar-refractivity contribution in [2.24, 2.45) is 0 Å². The summed E-state index contributed by atoms with van der Waals surface area (Å²) in [7, 11) is -2.43. The van der Waals surface area contributed by atoms with E-state index in [2.05, 4.69) is 5.32 Å². The molecule has 0 aromatic heterocycles. The smallest absolute Gasteiger partial charge is 0.264 e. The number of amides is 2. The number of carbonyl (C=O) groups excluding carboxylic acids is 2. The van der Waals surface area contributed by atoms with Gasteiger partial charge in [-0.3, -0.25) is 9.59 Å². The van der Waals surface area contributed by atoms with E-state index in [0.29, 0.717) is 29.4 Å². The third-order valence-electron chi connectivity index (χ3n) is 3.59. The Hall–Kier alpha value is -3.07. The number of sulfonamides is 1. The SMILES string of the molecule is CCCOc1ccc(C(=O)Nc2ccc(S(=O)(=O)NC(C)=O)cc2)cc1OC. The third kappa shape index (κ3) is 5.46. The van der Waals surface area contributed by atoms with Crippen LogP contribution in [-0.4, -0.2) is 33.9 Å². The number of nitrogens with one attached hydrogen (secondary N) is 2. The molecule has 0 saturated heterocycles. The Bertz CT molecular complexity index is 955. The Morgan fingerprint density at radius 3 is 2.29 bits per heavy atom. The lowest BCUT2D eigenvalue weighted by molar-refractivity contribution is -0.117. The summed E-state index contributed by atoms with van der Waals surface area (Å²) in [5.74, 6) is -0.0817. The third-order valence-corrected chi connectivity index (χ3v) is 5.04. The molecule has 2 aromatic rings. The summed E-state index contributed by atoms with van der Waals surface area (Å²) < 4.78 is 36.6. The summed E-state index contributed by atoms with van der Waals surface area (Å²) in [5, 5.41) is 2.67. The summed E-state index contributed by atoms with van der Waals surface area (Å²) in [5.41, 5.74) is 0.757. The fourth-order valence-corrected chi connectivity index (χ4v) is 3.30. The minimum Gasteiger partial charge on any atom is -0.493 e. The Morgan fingerprint density at radius 1 is 1.04 bits per heavy atom. The fraction of sp³-hybridized carbons (Fsp3) is 0.263. The van der Waals surface area contributed by atoms with Gasteiger partial charge in [-0.05, 0) is 48.9 Å². The van der Waals surface area contributed by atoms with Crippen LogP contribution in [0.4, 0.5) is 5.69 Å². The van der Waals surface area contributed by atoms with Crippen molar-refractivity contribution in [3.8, 4) is 11.5 Å². The average molecular weight is 406 g/mol. The van der Waals surface area contributed by atoms with Crippen LogP contribution in [0.3, 0.4) is 0 Å². The first kappa shape index (κ1) is 21.2. The second-order valence-electron chi connectivity index (χ2n) is 5.85. The van der Waals surface area contributed by atoms with Gasteiger partial charge in [0.25, 0.3) is 15.9 Å². The largest absolute Gasteiger partial charge is 0.493 e. The van der Waals surface area contributed by atoms with Gasteiger partial charge in [-0.2, -0.15) is 0 Å². The van der Waals surface area contributed by atoms with Crippen molar-refractivity contribution in [1.29, 1.82) is 0 Å². The van der Waals surface area contributed by atoms with Crippen LogP contribution in [0.2, 0.25) is 0 Å². The molecule has 0 heterocycles. The molecule has 9 heteroatoms. The Kier molecular flexibility index (Phi) is 7.00. The van der Waals surface area contributed by atoms with Crippen molar-refractivity contribution >= 4 is 27.5 Å². The van der Waals surface area contributed by atoms with Crippen LogP contribution in [0.15, 0.2) is 47.4 Å². The first-order valence-electron chi connectivity index (χ1n) is 8.52. The van der Waals surface area contributed by atoms with Crippen LogP contribution in [0.25, 0.3) is 0 Å². The molecular formula is C19H22N2O6S. The van der Waals surface area contributed by atoms with Gasteiger partial charge in [-0.15, -0.1) is 0 Å². The van der Waals surface area contributed by atoms with Crippen molar-refractivity contribution < 1.29 is 27.5 Å². The zero-order valence-corrected chi connectivity index (χ0v) is 16.6. The van der Waals surface area contributed by atoms with Gasteiger partial charge in [0.05, 0.1) is 18.6 Å². The van der Waals surface area contributed by atoms with Gasteiger partial charge in [-0.1, -0.05) is 6.92 Å². The second-order valence-corrected chi connectivity index (χ2v) is 7.54. The van der Waals surface area contributed by atoms with Crippen LogP contribution < -0.4 is 19.5 Å². The van der Waals surface area contributed by atoms with E-state index in [9.17, 15) is 18.0 Å². The van der Waals surface area contributed by atoms with E-state index in [0.717, 1.165) is 13.3 Å². The lowest BCUT2D eigenvalue weighted by atomic mass is 10.2. The molecule has 0 aliphatic carbocycles. The number of ether oxygens (including phenoxy) is 2. The Labute approximate surface area is 163 Å². The Balaban J connectivity index is 2.13. The summed E-state index contributed by atoms with van der Waals surface area (Å²) >= 11 is 0. The maximum atomic E-state index is 12.5. The second kappa shape index (κ2) is 9.23. The molecule has 0 radical (unpaired) electrons. The van der Waals surface area contributed by atoms with E-state index in [-0.39, 0.29) is 4.90 Å². The average Bonchev–Trinajstić information content (AvgIpc) is 2.65. The zero-order chi connectivity index (χ0) is 20.7. The van der Waals surface area contributed by atoms with Gasteiger partial charge < -0.3 is 14.8 Å². The van der Waals surface area contributed by atoms with Gasteiger partial charge in [0.15, 0.2) is 11.5 Å². The van der Waals surface area contributed by atoms with E-state index < -0.39 is 21.8 Å². The minimum atomic E-state index is -3.92. The normalized spacial score (nSPS) is 10.8. The van der Waals surface area contributed by atoms with E-state index in [1.807, 2.05) is 11.6 Å². The molecule has 2 amide bonds.